The summed E-state index contributed by atoms with van der Waals surface area (Å²) in [6.45, 7) is 2.82. The third kappa shape index (κ3) is 2.74. The number of hydrogen-bond acceptors (Lipinski definition) is 2. The standard InChI is InChI=1S/C18H20BrNOS/c1-13-8-11-22-16(13)12-20(2)17(21)18(9-3-10-18)14-4-6-15(19)7-5-14/h4-8,11H,3,9-10,12H2,1-2H3. The molecule has 0 atom stereocenters. The van der Waals surface area contributed by atoms with E-state index in [4.69, 9.17) is 0 Å². The summed E-state index contributed by atoms with van der Waals surface area (Å²) >= 11 is 5.20. The number of benzene rings is 1. The van der Waals surface area contributed by atoms with Gasteiger partial charge in [0.1, 0.15) is 0 Å². The number of rotatable bonds is 4. The number of carbonyl (C=O) groups is 1. The normalized spacial score (nSPS) is 16.1. The van der Waals surface area contributed by atoms with Gasteiger partial charge in [0.2, 0.25) is 5.91 Å². The van der Waals surface area contributed by atoms with Crippen LogP contribution in [0.2, 0.25) is 0 Å². The first-order valence-corrected chi connectivity index (χ1v) is 9.25. The highest BCUT2D eigenvalue weighted by atomic mass is 79.9. The van der Waals surface area contributed by atoms with Crippen molar-refractivity contribution >= 4 is 33.2 Å². The van der Waals surface area contributed by atoms with Crippen LogP contribution in [0.3, 0.4) is 0 Å². The second-order valence-corrected chi connectivity index (χ2v) is 8.05. The Bertz CT molecular complexity index is 673. The number of amides is 1. The molecule has 0 aliphatic heterocycles. The number of likely N-dealkylation sites (N-methyl/N-ethyl adjacent to an activating group) is 1. The summed E-state index contributed by atoms with van der Waals surface area (Å²) in [7, 11) is 1.93. The fourth-order valence-corrected chi connectivity index (χ4v) is 4.37. The third-order valence-corrected chi connectivity index (χ3v) is 6.25. The van der Waals surface area contributed by atoms with Gasteiger partial charge in [-0.1, -0.05) is 34.5 Å². The highest BCUT2D eigenvalue weighted by Gasteiger charge is 2.46. The molecule has 2 nitrogen and oxygen atoms in total. The van der Waals surface area contributed by atoms with Crippen molar-refractivity contribution in [2.24, 2.45) is 0 Å². The molecule has 22 heavy (non-hydrogen) atoms. The van der Waals surface area contributed by atoms with Crippen molar-refractivity contribution in [1.82, 2.24) is 4.90 Å². The molecule has 0 saturated heterocycles. The van der Waals surface area contributed by atoms with Crippen LogP contribution in [0.1, 0.15) is 35.3 Å². The summed E-state index contributed by atoms with van der Waals surface area (Å²) in [6, 6.07) is 10.4. The van der Waals surface area contributed by atoms with E-state index in [2.05, 4.69) is 46.4 Å². The molecule has 2 aromatic rings. The van der Waals surface area contributed by atoms with Gasteiger partial charge in [0.25, 0.3) is 0 Å². The molecule has 1 aromatic carbocycles. The SMILES string of the molecule is Cc1ccsc1CN(C)C(=O)C1(c2ccc(Br)cc2)CCC1. The van der Waals surface area contributed by atoms with Gasteiger partial charge in [-0.15, -0.1) is 11.3 Å². The minimum atomic E-state index is -0.305. The zero-order valence-corrected chi connectivity index (χ0v) is 15.3. The van der Waals surface area contributed by atoms with Crippen molar-refractivity contribution in [2.75, 3.05) is 7.05 Å². The van der Waals surface area contributed by atoms with Crippen LogP contribution in [0, 0.1) is 6.92 Å². The van der Waals surface area contributed by atoms with Gasteiger partial charge in [0.05, 0.1) is 12.0 Å². The number of aryl methyl sites for hydroxylation is 1. The van der Waals surface area contributed by atoms with Crippen LogP contribution in [0.15, 0.2) is 40.2 Å². The lowest BCUT2D eigenvalue weighted by molar-refractivity contribution is -0.140. The minimum absolute atomic E-state index is 0.258. The summed E-state index contributed by atoms with van der Waals surface area (Å²) < 4.78 is 1.06. The Balaban J connectivity index is 1.82. The molecule has 4 heteroatoms. The first kappa shape index (κ1) is 15.8. The maximum absolute atomic E-state index is 13.1. The van der Waals surface area contributed by atoms with Crippen molar-refractivity contribution in [2.45, 2.75) is 38.1 Å². The van der Waals surface area contributed by atoms with Gasteiger partial charge < -0.3 is 4.90 Å². The van der Waals surface area contributed by atoms with Crippen molar-refractivity contribution in [1.29, 1.82) is 0 Å². The molecule has 0 bridgehead atoms. The molecule has 1 heterocycles. The molecule has 1 saturated carbocycles. The molecule has 1 aromatic heterocycles. The minimum Gasteiger partial charge on any atom is -0.340 e. The summed E-state index contributed by atoms with van der Waals surface area (Å²) in [4.78, 5) is 16.3. The number of thiophene rings is 1. The van der Waals surface area contributed by atoms with E-state index >= 15 is 0 Å². The topological polar surface area (TPSA) is 20.3 Å². The smallest absolute Gasteiger partial charge is 0.233 e. The lowest BCUT2D eigenvalue weighted by Gasteiger charge is -2.43. The van der Waals surface area contributed by atoms with Crippen LogP contribution in [-0.4, -0.2) is 17.9 Å². The van der Waals surface area contributed by atoms with Crippen LogP contribution >= 0.6 is 27.3 Å². The molecular weight excluding hydrogens is 358 g/mol. The average Bonchev–Trinajstić information content (AvgIpc) is 2.85. The largest absolute Gasteiger partial charge is 0.340 e. The van der Waals surface area contributed by atoms with Crippen molar-refractivity contribution in [3.05, 3.63) is 56.2 Å². The van der Waals surface area contributed by atoms with Crippen molar-refractivity contribution < 1.29 is 4.79 Å². The quantitative estimate of drug-likeness (QED) is 0.741. The van der Waals surface area contributed by atoms with Crippen molar-refractivity contribution in [3.63, 3.8) is 0 Å². The predicted molar refractivity (Wildman–Crippen MR) is 95.2 cm³/mol. The molecule has 0 radical (unpaired) electrons. The second kappa shape index (κ2) is 6.17. The first-order valence-electron chi connectivity index (χ1n) is 7.57. The molecule has 116 valence electrons. The molecule has 3 rings (SSSR count). The lowest BCUT2D eigenvalue weighted by Crippen LogP contribution is -2.49. The Morgan fingerprint density at radius 3 is 2.45 bits per heavy atom. The molecule has 0 N–H and O–H groups in total. The maximum atomic E-state index is 13.1. The van der Waals surface area contributed by atoms with E-state index in [1.165, 1.54) is 10.4 Å². The monoisotopic (exact) mass is 377 g/mol. The average molecular weight is 378 g/mol. The van der Waals surface area contributed by atoms with Crippen LogP contribution < -0.4 is 0 Å². The lowest BCUT2D eigenvalue weighted by atomic mass is 9.63. The number of nitrogens with zero attached hydrogens (tertiary/aromatic N) is 1. The van der Waals surface area contributed by atoms with E-state index in [9.17, 15) is 4.79 Å². The van der Waals surface area contributed by atoms with Crippen LogP contribution in [0.4, 0.5) is 0 Å². The molecule has 1 aliphatic carbocycles. The molecular formula is C18H20BrNOS. The molecule has 1 aliphatic rings. The van der Waals surface area contributed by atoms with Gasteiger partial charge in [-0.2, -0.15) is 0 Å². The van der Waals surface area contributed by atoms with Crippen LogP contribution in [0.25, 0.3) is 0 Å². The molecule has 0 unspecified atom stereocenters. The molecule has 1 fully saturated rings. The van der Waals surface area contributed by atoms with Crippen LogP contribution in [-0.2, 0) is 16.8 Å². The Labute approximate surface area is 144 Å². The zero-order valence-electron chi connectivity index (χ0n) is 12.9. The van der Waals surface area contributed by atoms with E-state index in [1.54, 1.807) is 11.3 Å². The summed E-state index contributed by atoms with van der Waals surface area (Å²) in [5.41, 5.74) is 2.12. The summed E-state index contributed by atoms with van der Waals surface area (Å²) in [6.07, 6.45) is 3.05. The molecule has 1 amide bonds. The fraction of sp³-hybridized carbons (Fsp3) is 0.389. The van der Waals surface area contributed by atoms with E-state index in [1.807, 2.05) is 24.1 Å². The Hall–Kier alpha value is -1.13. The maximum Gasteiger partial charge on any atom is 0.233 e. The van der Waals surface area contributed by atoms with Gasteiger partial charge in [-0.3, -0.25) is 4.79 Å². The third-order valence-electron chi connectivity index (χ3n) is 4.71. The number of hydrogen-bond donors (Lipinski definition) is 0. The van der Waals surface area contributed by atoms with Crippen LogP contribution in [0.5, 0.6) is 0 Å². The Morgan fingerprint density at radius 2 is 1.95 bits per heavy atom. The van der Waals surface area contributed by atoms with E-state index in [0.717, 1.165) is 29.3 Å². The Morgan fingerprint density at radius 1 is 1.27 bits per heavy atom. The second-order valence-electron chi connectivity index (χ2n) is 6.13. The number of carbonyl (C=O) groups excluding carboxylic acids is 1. The van der Waals surface area contributed by atoms with E-state index in [0.29, 0.717) is 6.54 Å². The van der Waals surface area contributed by atoms with Gasteiger partial charge in [0.15, 0.2) is 0 Å². The van der Waals surface area contributed by atoms with E-state index in [-0.39, 0.29) is 11.3 Å². The zero-order chi connectivity index (χ0) is 15.7. The highest BCUT2D eigenvalue weighted by Crippen LogP contribution is 2.45. The van der Waals surface area contributed by atoms with Gasteiger partial charge in [-0.05, 0) is 54.5 Å². The van der Waals surface area contributed by atoms with Gasteiger partial charge >= 0.3 is 0 Å². The predicted octanol–water partition coefficient (Wildman–Crippen LogP) is 4.90. The highest BCUT2D eigenvalue weighted by molar-refractivity contribution is 9.10. The summed E-state index contributed by atoms with van der Waals surface area (Å²) in [5.74, 6) is 0.258. The first-order chi connectivity index (χ1) is 10.5. The van der Waals surface area contributed by atoms with Gasteiger partial charge in [0, 0.05) is 16.4 Å². The van der Waals surface area contributed by atoms with E-state index < -0.39 is 0 Å². The molecule has 0 spiro atoms. The fourth-order valence-electron chi connectivity index (χ4n) is 3.14. The summed E-state index contributed by atoms with van der Waals surface area (Å²) in [5, 5.41) is 2.09. The van der Waals surface area contributed by atoms with Crippen molar-refractivity contribution in [3.8, 4) is 0 Å². The number of halogens is 1. The van der Waals surface area contributed by atoms with Gasteiger partial charge in [-0.25, -0.2) is 0 Å². The Kier molecular flexibility index (Phi) is 4.42.